The number of rotatable bonds is 9. The Balaban J connectivity index is 1.69. The first-order valence-electron chi connectivity index (χ1n) is 9.17. The molecular formula is C19H23N3O6S2. The lowest BCUT2D eigenvalue weighted by Crippen LogP contribution is -2.26. The number of ether oxygens (including phenoxy) is 1. The average molecular weight is 454 g/mol. The summed E-state index contributed by atoms with van der Waals surface area (Å²) in [6.07, 6.45) is 1.71. The van der Waals surface area contributed by atoms with Gasteiger partial charge in [-0.2, -0.15) is 0 Å². The van der Waals surface area contributed by atoms with Crippen molar-refractivity contribution in [3.63, 3.8) is 0 Å². The Kier molecular flexibility index (Phi) is 6.46. The zero-order valence-electron chi connectivity index (χ0n) is 16.5. The number of carbonyl (C=O) groups is 1. The normalized spacial score (nSPS) is 14.3. The van der Waals surface area contributed by atoms with Gasteiger partial charge in [-0.15, -0.1) is 0 Å². The van der Waals surface area contributed by atoms with E-state index in [1.54, 1.807) is 12.1 Å². The van der Waals surface area contributed by atoms with Crippen molar-refractivity contribution >= 4 is 26.0 Å². The van der Waals surface area contributed by atoms with Crippen LogP contribution in [0.5, 0.6) is 5.75 Å². The summed E-state index contributed by atoms with van der Waals surface area (Å²) in [4.78, 5) is 12.5. The summed E-state index contributed by atoms with van der Waals surface area (Å²) < 4.78 is 58.5. The van der Waals surface area contributed by atoms with Crippen molar-refractivity contribution in [1.82, 2.24) is 14.8 Å². The van der Waals surface area contributed by atoms with Gasteiger partial charge in [-0.05, 0) is 55.8 Å². The van der Waals surface area contributed by atoms with E-state index in [4.69, 9.17) is 4.74 Å². The van der Waals surface area contributed by atoms with Gasteiger partial charge in [0.1, 0.15) is 10.6 Å². The summed E-state index contributed by atoms with van der Waals surface area (Å²) in [5.41, 5.74) is 0.850. The predicted octanol–water partition coefficient (Wildman–Crippen LogP) is 0.974. The van der Waals surface area contributed by atoms with Crippen LogP contribution in [-0.2, 0) is 26.6 Å². The Bertz CT molecular complexity index is 1140. The van der Waals surface area contributed by atoms with Gasteiger partial charge in [0.25, 0.3) is 5.91 Å². The average Bonchev–Trinajstić information content (AvgIpc) is 3.55. The zero-order chi connectivity index (χ0) is 21.9. The van der Waals surface area contributed by atoms with Gasteiger partial charge in [0.2, 0.25) is 20.0 Å². The predicted molar refractivity (Wildman–Crippen MR) is 110 cm³/mol. The topological polar surface area (TPSA) is 131 Å². The van der Waals surface area contributed by atoms with E-state index in [2.05, 4.69) is 14.8 Å². The van der Waals surface area contributed by atoms with Crippen LogP contribution < -0.4 is 19.5 Å². The van der Waals surface area contributed by atoms with Crippen molar-refractivity contribution in [3.8, 4) is 5.75 Å². The molecule has 1 amide bonds. The van der Waals surface area contributed by atoms with E-state index in [9.17, 15) is 21.6 Å². The summed E-state index contributed by atoms with van der Waals surface area (Å²) >= 11 is 0. The quantitative estimate of drug-likeness (QED) is 0.519. The van der Waals surface area contributed by atoms with Crippen LogP contribution in [0, 0.1) is 0 Å². The summed E-state index contributed by atoms with van der Waals surface area (Å²) in [5.74, 6) is -0.352. The summed E-state index contributed by atoms with van der Waals surface area (Å²) in [7, 11) is -4.72. The molecule has 3 rings (SSSR count). The number of methoxy groups -OCH3 is 1. The van der Waals surface area contributed by atoms with Crippen molar-refractivity contribution in [2.75, 3.05) is 14.2 Å². The minimum absolute atomic E-state index is 0.0232. The minimum Gasteiger partial charge on any atom is -0.495 e. The Labute approximate surface area is 175 Å². The van der Waals surface area contributed by atoms with E-state index in [0.29, 0.717) is 5.56 Å². The molecule has 2 aromatic carbocycles. The monoisotopic (exact) mass is 453 g/mol. The maximum absolute atomic E-state index is 12.5. The molecule has 0 bridgehead atoms. The molecule has 162 valence electrons. The van der Waals surface area contributed by atoms with Gasteiger partial charge in [-0.1, -0.05) is 12.1 Å². The molecule has 0 spiro atoms. The van der Waals surface area contributed by atoms with Gasteiger partial charge >= 0.3 is 0 Å². The van der Waals surface area contributed by atoms with Gasteiger partial charge in [0, 0.05) is 18.2 Å². The van der Waals surface area contributed by atoms with Crippen LogP contribution in [0.3, 0.4) is 0 Å². The smallest absolute Gasteiger partial charge is 0.251 e. The molecule has 3 N–H and O–H groups in total. The lowest BCUT2D eigenvalue weighted by atomic mass is 10.2. The van der Waals surface area contributed by atoms with Crippen molar-refractivity contribution in [2.45, 2.75) is 35.2 Å². The van der Waals surface area contributed by atoms with Crippen LogP contribution in [-0.4, -0.2) is 42.9 Å². The zero-order valence-corrected chi connectivity index (χ0v) is 18.1. The number of benzene rings is 2. The van der Waals surface area contributed by atoms with E-state index < -0.39 is 26.0 Å². The van der Waals surface area contributed by atoms with E-state index in [-0.39, 0.29) is 33.7 Å². The second-order valence-corrected chi connectivity index (χ2v) is 10.4. The van der Waals surface area contributed by atoms with Gasteiger partial charge in [0.15, 0.2) is 0 Å². The highest BCUT2D eigenvalue weighted by molar-refractivity contribution is 7.89. The van der Waals surface area contributed by atoms with Crippen LogP contribution in [0.25, 0.3) is 0 Å². The lowest BCUT2D eigenvalue weighted by Gasteiger charge is -2.11. The molecule has 0 saturated heterocycles. The molecule has 9 nitrogen and oxygen atoms in total. The van der Waals surface area contributed by atoms with Crippen molar-refractivity contribution in [1.29, 1.82) is 0 Å². The van der Waals surface area contributed by atoms with Crippen molar-refractivity contribution in [2.24, 2.45) is 0 Å². The van der Waals surface area contributed by atoms with Crippen LogP contribution in [0.1, 0.15) is 28.8 Å². The lowest BCUT2D eigenvalue weighted by molar-refractivity contribution is 0.0950. The summed E-state index contributed by atoms with van der Waals surface area (Å²) in [5, 5.41) is 2.69. The Morgan fingerprint density at radius 3 is 2.27 bits per heavy atom. The molecule has 11 heteroatoms. The van der Waals surface area contributed by atoms with E-state index >= 15 is 0 Å². The molecule has 1 aliphatic carbocycles. The molecule has 1 aliphatic rings. The van der Waals surface area contributed by atoms with Gasteiger partial charge < -0.3 is 10.1 Å². The second kappa shape index (κ2) is 8.72. The maximum Gasteiger partial charge on any atom is 0.251 e. The first kappa shape index (κ1) is 22.2. The van der Waals surface area contributed by atoms with Gasteiger partial charge in [-0.3, -0.25) is 4.79 Å². The molecule has 1 saturated carbocycles. The third-order valence-electron chi connectivity index (χ3n) is 4.57. The Hall–Kier alpha value is -2.47. The largest absolute Gasteiger partial charge is 0.495 e. The number of sulfonamides is 2. The third-order valence-corrected chi connectivity index (χ3v) is 7.54. The van der Waals surface area contributed by atoms with Crippen LogP contribution in [0.4, 0.5) is 0 Å². The maximum atomic E-state index is 12.5. The van der Waals surface area contributed by atoms with Crippen LogP contribution in [0.15, 0.2) is 52.3 Å². The van der Waals surface area contributed by atoms with E-state index in [0.717, 1.165) is 12.8 Å². The molecule has 0 radical (unpaired) electrons. The number of carbonyl (C=O) groups excluding carboxylic acids is 1. The molecule has 30 heavy (non-hydrogen) atoms. The highest BCUT2D eigenvalue weighted by Gasteiger charge is 2.27. The first-order valence-corrected chi connectivity index (χ1v) is 12.1. The molecule has 1 fully saturated rings. The highest BCUT2D eigenvalue weighted by atomic mass is 32.2. The first-order chi connectivity index (χ1) is 14.2. The number of hydrogen-bond donors (Lipinski definition) is 3. The number of hydrogen-bond acceptors (Lipinski definition) is 6. The third kappa shape index (κ3) is 5.17. The Morgan fingerprint density at radius 1 is 1.03 bits per heavy atom. The molecule has 2 aromatic rings. The summed E-state index contributed by atoms with van der Waals surface area (Å²) in [6, 6.07) is 10.3. The fraction of sp³-hybridized carbons (Fsp3) is 0.316. The molecule has 0 unspecified atom stereocenters. The van der Waals surface area contributed by atoms with E-state index in [1.807, 2.05) is 0 Å². The second-order valence-electron chi connectivity index (χ2n) is 6.80. The SMILES string of the molecule is CNS(=O)(=O)c1cc(C(=O)NCc2ccc(S(=O)(=O)NC3CC3)cc2)ccc1OC. The molecular weight excluding hydrogens is 430 g/mol. The highest BCUT2D eigenvalue weighted by Crippen LogP contribution is 2.25. The van der Waals surface area contributed by atoms with Crippen LogP contribution >= 0.6 is 0 Å². The standard InChI is InChI=1S/C19H23N3O6S2/c1-20-30(26,27)18-11-14(5-10-17(18)28-2)19(23)21-12-13-3-8-16(9-4-13)29(24,25)22-15-6-7-15/h3-5,8-11,15,20,22H,6-7,12H2,1-2H3,(H,21,23). The molecule has 0 aromatic heterocycles. The van der Waals surface area contributed by atoms with E-state index in [1.165, 1.54) is 44.5 Å². The number of amides is 1. The van der Waals surface area contributed by atoms with Crippen molar-refractivity contribution in [3.05, 3.63) is 53.6 Å². The molecule has 0 atom stereocenters. The fourth-order valence-corrected chi connectivity index (χ4v) is 4.92. The van der Waals surface area contributed by atoms with Gasteiger partial charge in [0.05, 0.1) is 12.0 Å². The summed E-state index contributed by atoms with van der Waals surface area (Å²) in [6.45, 7) is 0.148. The van der Waals surface area contributed by atoms with Crippen molar-refractivity contribution < 1.29 is 26.4 Å². The minimum atomic E-state index is -3.80. The Morgan fingerprint density at radius 2 is 1.70 bits per heavy atom. The fourth-order valence-electron chi connectivity index (χ4n) is 2.70. The number of nitrogens with one attached hydrogen (secondary N) is 3. The van der Waals surface area contributed by atoms with Gasteiger partial charge in [-0.25, -0.2) is 26.3 Å². The molecule has 0 aliphatic heterocycles. The van der Waals surface area contributed by atoms with Crippen LogP contribution in [0.2, 0.25) is 0 Å². The molecule has 0 heterocycles.